The van der Waals surface area contributed by atoms with Crippen molar-refractivity contribution in [3.63, 3.8) is 0 Å². The van der Waals surface area contributed by atoms with Gasteiger partial charge in [0.05, 0.1) is 13.1 Å². The Balaban J connectivity index is 1.79. The summed E-state index contributed by atoms with van der Waals surface area (Å²) in [6, 6.07) is 0. The van der Waals surface area contributed by atoms with E-state index in [1.807, 2.05) is 0 Å². The summed E-state index contributed by atoms with van der Waals surface area (Å²) in [5.41, 5.74) is 0. The lowest BCUT2D eigenvalue weighted by molar-refractivity contribution is -0.696. The second-order valence-corrected chi connectivity index (χ2v) is 7.42. The van der Waals surface area contributed by atoms with E-state index < -0.39 is 0 Å². The van der Waals surface area contributed by atoms with E-state index in [9.17, 15) is 0 Å². The number of unbranched alkanes of at least 4 members (excludes halogenated alkanes) is 12. The van der Waals surface area contributed by atoms with E-state index >= 15 is 0 Å². The van der Waals surface area contributed by atoms with Crippen LogP contribution in [0.25, 0.3) is 0 Å². The highest BCUT2D eigenvalue weighted by atomic mass is 15.1. The summed E-state index contributed by atoms with van der Waals surface area (Å²) in [4.78, 5) is 0. The number of hydrogen-bond donors (Lipinski definition) is 0. The van der Waals surface area contributed by atoms with Gasteiger partial charge in [-0.05, 0) is 45.4 Å². The van der Waals surface area contributed by atoms with Gasteiger partial charge in [0.25, 0.3) is 0 Å². The van der Waals surface area contributed by atoms with E-state index in [4.69, 9.17) is 0 Å². The van der Waals surface area contributed by atoms with E-state index in [-0.39, 0.29) is 0 Å². The van der Waals surface area contributed by atoms with Crippen molar-refractivity contribution < 1.29 is 4.57 Å². The molecule has 0 aromatic carbocycles. The predicted octanol–water partition coefficient (Wildman–Crippen LogP) is 6.83. The molecule has 0 amide bonds. The van der Waals surface area contributed by atoms with Crippen LogP contribution in [0, 0.1) is 0 Å². The fraction of sp³-hybridized carbons (Fsp3) is 0.783. The molecule has 0 unspecified atom stereocenters. The number of aromatic nitrogens is 2. The second kappa shape index (κ2) is 16.4. The van der Waals surface area contributed by atoms with Crippen LogP contribution < -0.4 is 4.57 Å². The molecule has 1 aromatic heterocycles. The summed E-state index contributed by atoms with van der Waals surface area (Å²) in [5.74, 6) is 0. The molecule has 0 saturated heterocycles. The lowest BCUT2D eigenvalue weighted by atomic mass is 10.1. The maximum atomic E-state index is 2.42. The first-order chi connectivity index (χ1) is 12.4. The topological polar surface area (TPSA) is 8.81 Å². The zero-order valence-corrected chi connectivity index (χ0v) is 17.1. The third kappa shape index (κ3) is 12.9. The Bertz CT molecular complexity index is 419. The summed E-state index contributed by atoms with van der Waals surface area (Å²) in [6.45, 7) is 6.72. The SMILES string of the molecule is CCCCCCCC/C=C\CCCCCCCC[n+]1ccn(CC)c1. The molecular weight excluding hydrogens is 304 g/mol. The Labute approximate surface area is 157 Å². The molecule has 0 N–H and O–H groups in total. The van der Waals surface area contributed by atoms with Crippen molar-refractivity contribution in [1.82, 2.24) is 4.57 Å². The van der Waals surface area contributed by atoms with Crippen LogP contribution in [-0.2, 0) is 13.1 Å². The van der Waals surface area contributed by atoms with Crippen LogP contribution in [0.5, 0.6) is 0 Å². The molecule has 0 spiro atoms. The van der Waals surface area contributed by atoms with Crippen LogP contribution in [-0.4, -0.2) is 4.57 Å². The molecule has 0 aliphatic carbocycles. The van der Waals surface area contributed by atoms with Gasteiger partial charge in [0, 0.05) is 0 Å². The molecule has 2 heteroatoms. The zero-order chi connectivity index (χ0) is 18.0. The predicted molar refractivity (Wildman–Crippen MR) is 110 cm³/mol. The number of aryl methyl sites for hydroxylation is 2. The van der Waals surface area contributed by atoms with E-state index in [2.05, 4.69) is 53.9 Å². The summed E-state index contributed by atoms with van der Waals surface area (Å²) in [7, 11) is 0. The van der Waals surface area contributed by atoms with Gasteiger partial charge in [-0.15, -0.1) is 0 Å². The van der Waals surface area contributed by atoms with Crippen molar-refractivity contribution in [2.45, 2.75) is 117 Å². The normalized spacial score (nSPS) is 11.6. The monoisotopic (exact) mass is 347 g/mol. The molecule has 0 aliphatic heterocycles. The standard InChI is InChI=1S/C23H43N2/c1-3-5-6-7-8-9-10-11-12-13-14-15-16-17-18-19-20-25-22-21-24(4-2)23-25/h11-12,21-23H,3-10,13-20H2,1-2H3/q+1/b12-11-. The molecule has 25 heavy (non-hydrogen) atoms. The van der Waals surface area contributed by atoms with Gasteiger partial charge >= 0.3 is 0 Å². The van der Waals surface area contributed by atoms with Crippen molar-refractivity contribution in [2.24, 2.45) is 0 Å². The largest absolute Gasteiger partial charge is 0.243 e. The number of nitrogens with zero attached hydrogens (tertiary/aromatic N) is 2. The Kier molecular flexibility index (Phi) is 14.4. The van der Waals surface area contributed by atoms with Crippen LogP contribution >= 0.6 is 0 Å². The molecule has 1 aromatic rings. The van der Waals surface area contributed by atoms with E-state index in [0.29, 0.717) is 0 Å². The van der Waals surface area contributed by atoms with Gasteiger partial charge in [-0.1, -0.05) is 70.4 Å². The van der Waals surface area contributed by atoms with Crippen molar-refractivity contribution in [1.29, 1.82) is 0 Å². The van der Waals surface area contributed by atoms with Gasteiger partial charge in [-0.25, -0.2) is 9.13 Å². The number of rotatable bonds is 17. The van der Waals surface area contributed by atoms with Gasteiger partial charge in [-0.2, -0.15) is 0 Å². The molecule has 0 saturated carbocycles. The van der Waals surface area contributed by atoms with Crippen molar-refractivity contribution in [3.8, 4) is 0 Å². The van der Waals surface area contributed by atoms with Crippen molar-refractivity contribution in [2.75, 3.05) is 0 Å². The minimum Gasteiger partial charge on any atom is -0.237 e. The van der Waals surface area contributed by atoms with Crippen molar-refractivity contribution in [3.05, 3.63) is 30.9 Å². The molecule has 0 fully saturated rings. The van der Waals surface area contributed by atoms with Gasteiger partial charge in [0.2, 0.25) is 6.33 Å². The fourth-order valence-electron chi connectivity index (χ4n) is 3.30. The van der Waals surface area contributed by atoms with Crippen LogP contribution in [0.2, 0.25) is 0 Å². The molecule has 2 nitrogen and oxygen atoms in total. The van der Waals surface area contributed by atoms with Crippen LogP contribution in [0.4, 0.5) is 0 Å². The number of hydrogen-bond acceptors (Lipinski definition) is 0. The average molecular weight is 348 g/mol. The Hall–Kier alpha value is -1.05. The van der Waals surface area contributed by atoms with E-state index in [0.717, 1.165) is 6.54 Å². The minimum atomic E-state index is 1.07. The first-order valence-electron chi connectivity index (χ1n) is 11.1. The van der Waals surface area contributed by atoms with Crippen LogP contribution in [0.1, 0.15) is 104 Å². The van der Waals surface area contributed by atoms with Gasteiger partial charge in [0.1, 0.15) is 12.4 Å². The van der Waals surface area contributed by atoms with E-state index in [1.165, 1.54) is 96.4 Å². The van der Waals surface area contributed by atoms with E-state index in [1.54, 1.807) is 0 Å². The molecule has 0 radical (unpaired) electrons. The van der Waals surface area contributed by atoms with Crippen LogP contribution in [0.3, 0.4) is 0 Å². The summed E-state index contributed by atoms with van der Waals surface area (Å²) < 4.78 is 4.55. The molecule has 1 heterocycles. The highest BCUT2D eigenvalue weighted by Gasteiger charge is 2.00. The minimum absolute atomic E-state index is 1.07. The molecule has 0 bridgehead atoms. The summed E-state index contributed by atoms with van der Waals surface area (Å²) in [6.07, 6.45) is 30.7. The maximum Gasteiger partial charge on any atom is 0.243 e. The Morgan fingerprint density at radius 2 is 1.28 bits per heavy atom. The average Bonchev–Trinajstić information content (AvgIpc) is 3.09. The lowest BCUT2D eigenvalue weighted by Crippen LogP contribution is -2.30. The maximum absolute atomic E-state index is 2.42. The quantitative estimate of drug-likeness (QED) is 0.166. The third-order valence-corrected chi connectivity index (χ3v) is 5.04. The molecule has 1 rings (SSSR count). The smallest absolute Gasteiger partial charge is 0.237 e. The third-order valence-electron chi connectivity index (χ3n) is 5.04. The van der Waals surface area contributed by atoms with Gasteiger partial charge in [0.15, 0.2) is 0 Å². The van der Waals surface area contributed by atoms with Gasteiger partial charge < -0.3 is 0 Å². The highest BCUT2D eigenvalue weighted by molar-refractivity contribution is 4.81. The Morgan fingerprint density at radius 3 is 1.84 bits per heavy atom. The molecule has 144 valence electrons. The summed E-state index contributed by atoms with van der Waals surface area (Å²) in [5, 5.41) is 0. The first-order valence-corrected chi connectivity index (χ1v) is 11.1. The fourth-order valence-corrected chi connectivity index (χ4v) is 3.30. The zero-order valence-electron chi connectivity index (χ0n) is 17.1. The number of allylic oxidation sites excluding steroid dienone is 2. The summed E-state index contributed by atoms with van der Waals surface area (Å²) >= 11 is 0. The molecular formula is C23H43N2+. The molecule has 0 aliphatic rings. The molecule has 0 atom stereocenters. The lowest BCUT2D eigenvalue weighted by Gasteiger charge is -2.00. The van der Waals surface area contributed by atoms with Gasteiger partial charge in [-0.3, -0.25) is 0 Å². The first kappa shape index (κ1) is 22.0. The van der Waals surface area contributed by atoms with Crippen LogP contribution in [0.15, 0.2) is 30.9 Å². The Morgan fingerprint density at radius 1 is 0.720 bits per heavy atom. The van der Waals surface area contributed by atoms with Crippen molar-refractivity contribution >= 4 is 0 Å². The number of imidazole rings is 1. The highest BCUT2D eigenvalue weighted by Crippen LogP contribution is 2.09. The second-order valence-electron chi connectivity index (χ2n) is 7.42.